The minimum atomic E-state index is -0.0792. The van der Waals surface area contributed by atoms with Crippen LogP contribution < -0.4 is 10.6 Å². The van der Waals surface area contributed by atoms with E-state index in [9.17, 15) is 4.79 Å². The first-order chi connectivity index (χ1) is 8.81. The van der Waals surface area contributed by atoms with Crippen molar-refractivity contribution in [2.45, 2.75) is 6.92 Å². The van der Waals surface area contributed by atoms with Gasteiger partial charge < -0.3 is 10.6 Å². The van der Waals surface area contributed by atoms with Gasteiger partial charge in [-0.05, 0) is 18.7 Å². The van der Waals surface area contributed by atoms with Gasteiger partial charge in [-0.3, -0.25) is 4.79 Å². The number of carbonyl (C=O) groups is 1. The van der Waals surface area contributed by atoms with Crippen molar-refractivity contribution in [1.29, 1.82) is 0 Å². The first kappa shape index (κ1) is 12.3. The molecule has 2 aromatic rings. The average Bonchev–Trinajstić information content (AvgIpc) is 2.91. The molecular formula is C12H15N5O. The van der Waals surface area contributed by atoms with Crippen LogP contribution in [0, 0.1) is 0 Å². The van der Waals surface area contributed by atoms with Gasteiger partial charge in [0.15, 0.2) is 0 Å². The van der Waals surface area contributed by atoms with Gasteiger partial charge in [0.2, 0.25) is 5.91 Å². The molecule has 0 saturated heterocycles. The highest BCUT2D eigenvalue weighted by atomic mass is 16.1. The molecule has 2 N–H and O–H groups in total. The number of benzene rings is 1. The van der Waals surface area contributed by atoms with Crippen LogP contribution in [0.3, 0.4) is 0 Å². The molecule has 1 heterocycles. The van der Waals surface area contributed by atoms with Gasteiger partial charge in [-0.1, -0.05) is 19.1 Å². The SMILES string of the molecule is CCNCC(=O)Nc1ccccc1-n1cncn1. The van der Waals surface area contributed by atoms with Crippen molar-refractivity contribution >= 4 is 11.6 Å². The molecule has 0 saturated carbocycles. The van der Waals surface area contributed by atoms with E-state index < -0.39 is 0 Å². The van der Waals surface area contributed by atoms with Gasteiger partial charge in [0.1, 0.15) is 12.7 Å². The van der Waals surface area contributed by atoms with Gasteiger partial charge in [-0.2, -0.15) is 5.10 Å². The fraction of sp³-hybridized carbons (Fsp3) is 0.250. The van der Waals surface area contributed by atoms with Crippen LogP contribution >= 0.6 is 0 Å². The summed E-state index contributed by atoms with van der Waals surface area (Å²) >= 11 is 0. The Bertz CT molecular complexity index is 509. The Morgan fingerprint density at radius 2 is 2.22 bits per heavy atom. The predicted molar refractivity (Wildman–Crippen MR) is 68.5 cm³/mol. The van der Waals surface area contributed by atoms with Crippen LogP contribution in [0.2, 0.25) is 0 Å². The summed E-state index contributed by atoms with van der Waals surface area (Å²) < 4.78 is 1.61. The van der Waals surface area contributed by atoms with Crippen LogP contribution in [-0.4, -0.2) is 33.8 Å². The lowest BCUT2D eigenvalue weighted by Crippen LogP contribution is -2.28. The third kappa shape index (κ3) is 2.92. The first-order valence-electron chi connectivity index (χ1n) is 5.76. The second-order valence-corrected chi connectivity index (χ2v) is 3.69. The molecule has 0 aliphatic carbocycles. The van der Waals surface area contributed by atoms with Crippen LogP contribution in [0.15, 0.2) is 36.9 Å². The zero-order valence-corrected chi connectivity index (χ0v) is 10.1. The molecule has 18 heavy (non-hydrogen) atoms. The monoisotopic (exact) mass is 245 g/mol. The molecule has 0 spiro atoms. The molecule has 1 aromatic heterocycles. The molecule has 6 heteroatoms. The molecule has 0 unspecified atom stereocenters. The van der Waals surface area contributed by atoms with Crippen LogP contribution in [0.1, 0.15) is 6.92 Å². The molecule has 6 nitrogen and oxygen atoms in total. The zero-order chi connectivity index (χ0) is 12.8. The molecule has 0 bridgehead atoms. The van der Waals surface area contributed by atoms with Gasteiger partial charge in [-0.15, -0.1) is 0 Å². The van der Waals surface area contributed by atoms with Crippen molar-refractivity contribution in [3.63, 3.8) is 0 Å². The van der Waals surface area contributed by atoms with Gasteiger partial charge in [0, 0.05) is 0 Å². The van der Waals surface area contributed by atoms with Crippen molar-refractivity contribution < 1.29 is 4.79 Å². The maximum atomic E-state index is 11.7. The van der Waals surface area contributed by atoms with Crippen molar-refractivity contribution in [1.82, 2.24) is 20.1 Å². The molecule has 2 rings (SSSR count). The number of hydrogen-bond donors (Lipinski definition) is 2. The number of nitrogens with zero attached hydrogens (tertiary/aromatic N) is 3. The smallest absolute Gasteiger partial charge is 0.238 e. The first-order valence-corrected chi connectivity index (χ1v) is 5.76. The molecule has 0 aliphatic heterocycles. The van der Waals surface area contributed by atoms with E-state index in [-0.39, 0.29) is 5.91 Å². The number of likely N-dealkylation sites (N-methyl/N-ethyl adjacent to an activating group) is 1. The van der Waals surface area contributed by atoms with E-state index >= 15 is 0 Å². The minimum absolute atomic E-state index is 0.0792. The normalized spacial score (nSPS) is 10.3. The summed E-state index contributed by atoms with van der Waals surface area (Å²) in [4.78, 5) is 15.6. The van der Waals surface area contributed by atoms with E-state index in [2.05, 4.69) is 20.7 Å². The van der Waals surface area contributed by atoms with E-state index in [1.165, 1.54) is 6.33 Å². The maximum Gasteiger partial charge on any atom is 0.238 e. The third-order valence-corrected chi connectivity index (χ3v) is 2.38. The second kappa shape index (κ2) is 5.92. The third-order valence-electron chi connectivity index (χ3n) is 2.38. The topological polar surface area (TPSA) is 71.8 Å². The Morgan fingerprint density at radius 3 is 2.94 bits per heavy atom. The summed E-state index contributed by atoms with van der Waals surface area (Å²) in [5.41, 5.74) is 1.51. The van der Waals surface area contributed by atoms with E-state index in [0.717, 1.165) is 12.2 Å². The van der Waals surface area contributed by atoms with E-state index in [4.69, 9.17) is 0 Å². The van der Waals surface area contributed by atoms with E-state index in [1.54, 1.807) is 11.0 Å². The summed E-state index contributed by atoms with van der Waals surface area (Å²) in [5, 5.41) is 9.87. The molecule has 0 fully saturated rings. The lowest BCUT2D eigenvalue weighted by molar-refractivity contribution is -0.115. The summed E-state index contributed by atoms with van der Waals surface area (Å²) in [5.74, 6) is -0.0792. The van der Waals surface area contributed by atoms with E-state index in [1.807, 2.05) is 31.2 Å². The molecule has 1 amide bonds. The highest BCUT2D eigenvalue weighted by Crippen LogP contribution is 2.18. The van der Waals surface area contributed by atoms with Crippen molar-refractivity contribution in [2.75, 3.05) is 18.4 Å². The number of para-hydroxylation sites is 2. The molecule has 0 atom stereocenters. The zero-order valence-electron chi connectivity index (χ0n) is 10.1. The van der Waals surface area contributed by atoms with Gasteiger partial charge in [0.25, 0.3) is 0 Å². The largest absolute Gasteiger partial charge is 0.323 e. The Labute approximate surface area is 105 Å². The Hall–Kier alpha value is -2.21. The van der Waals surface area contributed by atoms with Crippen LogP contribution in [-0.2, 0) is 4.79 Å². The van der Waals surface area contributed by atoms with Crippen LogP contribution in [0.5, 0.6) is 0 Å². The van der Waals surface area contributed by atoms with E-state index in [0.29, 0.717) is 12.2 Å². The second-order valence-electron chi connectivity index (χ2n) is 3.69. The van der Waals surface area contributed by atoms with Gasteiger partial charge in [0.05, 0.1) is 17.9 Å². The highest BCUT2D eigenvalue weighted by Gasteiger charge is 2.07. The molecule has 94 valence electrons. The Morgan fingerprint density at radius 1 is 1.39 bits per heavy atom. The number of anilines is 1. The molecule has 0 radical (unpaired) electrons. The Kier molecular flexibility index (Phi) is 4.03. The Balaban J connectivity index is 2.16. The molecule has 1 aromatic carbocycles. The number of carbonyl (C=O) groups excluding carboxylic acids is 1. The van der Waals surface area contributed by atoms with Gasteiger partial charge >= 0.3 is 0 Å². The maximum absolute atomic E-state index is 11.7. The molecular weight excluding hydrogens is 230 g/mol. The summed E-state index contributed by atoms with van der Waals surface area (Å²) in [6.07, 6.45) is 3.05. The van der Waals surface area contributed by atoms with Crippen LogP contribution in [0.4, 0.5) is 5.69 Å². The number of rotatable bonds is 5. The summed E-state index contributed by atoms with van der Waals surface area (Å²) in [6.45, 7) is 3.01. The number of nitrogens with one attached hydrogen (secondary N) is 2. The quantitative estimate of drug-likeness (QED) is 0.818. The number of aromatic nitrogens is 3. The highest BCUT2D eigenvalue weighted by molar-refractivity contribution is 5.94. The lowest BCUT2D eigenvalue weighted by atomic mass is 10.2. The average molecular weight is 245 g/mol. The van der Waals surface area contributed by atoms with Crippen molar-refractivity contribution in [3.05, 3.63) is 36.9 Å². The fourth-order valence-corrected chi connectivity index (χ4v) is 1.54. The van der Waals surface area contributed by atoms with Crippen molar-refractivity contribution in [2.24, 2.45) is 0 Å². The number of hydrogen-bond acceptors (Lipinski definition) is 4. The predicted octanol–water partition coefficient (Wildman–Crippen LogP) is 0.815. The summed E-state index contributed by atoms with van der Waals surface area (Å²) in [7, 11) is 0. The van der Waals surface area contributed by atoms with Crippen molar-refractivity contribution in [3.8, 4) is 5.69 Å². The lowest BCUT2D eigenvalue weighted by Gasteiger charge is -2.10. The molecule has 0 aliphatic rings. The minimum Gasteiger partial charge on any atom is -0.323 e. The fourth-order valence-electron chi connectivity index (χ4n) is 1.54. The van der Waals surface area contributed by atoms with Gasteiger partial charge in [-0.25, -0.2) is 9.67 Å². The van der Waals surface area contributed by atoms with Crippen LogP contribution in [0.25, 0.3) is 5.69 Å². The number of amides is 1. The summed E-state index contributed by atoms with van der Waals surface area (Å²) in [6, 6.07) is 7.46. The standard InChI is InChI=1S/C12H15N5O/c1-2-13-7-12(18)16-10-5-3-4-6-11(10)17-9-14-8-15-17/h3-6,8-9,13H,2,7H2,1H3,(H,16,18).